The van der Waals surface area contributed by atoms with Gasteiger partial charge in [-0.1, -0.05) is 34.1 Å². The Balaban J connectivity index is 2.00. The standard InChI is InChI=1S/C15H28O2/c1-14(2,3)10-17-13-8-7-11-12(16)6-5-9-15(11,13)4/h11-13,16H,5-10H2,1-4H3/t11-,12-,13-,15-/m0/s1. The smallest absolute Gasteiger partial charge is 0.0632 e. The van der Waals surface area contributed by atoms with Crippen LogP contribution in [0.5, 0.6) is 0 Å². The summed E-state index contributed by atoms with van der Waals surface area (Å²) in [5.74, 6) is 0.473. The van der Waals surface area contributed by atoms with Gasteiger partial charge >= 0.3 is 0 Å². The zero-order valence-electron chi connectivity index (χ0n) is 11.8. The molecule has 0 radical (unpaired) electrons. The number of aliphatic hydroxyl groups is 1. The van der Waals surface area contributed by atoms with Gasteiger partial charge in [-0.2, -0.15) is 0 Å². The Morgan fingerprint density at radius 1 is 1.24 bits per heavy atom. The first-order valence-electron chi connectivity index (χ1n) is 7.13. The van der Waals surface area contributed by atoms with E-state index in [4.69, 9.17) is 4.74 Å². The molecular formula is C15H28O2. The molecule has 100 valence electrons. The number of hydrogen-bond donors (Lipinski definition) is 1. The van der Waals surface area contributed by atoms with Gasteiger partial charge in [0, 0.05) is 0 Å². The highest BCUT2D eigenvalue weighted by Gasteiger charge is 2.51. The van der Waals surface area contributed by atoms with E-state index in [9.17, 15) is 5.11 Å². The molecule has 0 heterocycles. The monoisotopic (exact) mass is 240 g/mol. The number of rotatable bonds is 2. The van der Waals surface area contributed by atoms with Gasteiger partial charge in [0.1, 0.15) is 0 Å². The Bertz CT molecular complexity index is 269. The van der Waals surface area contributed by atoms with Gasteiger partial charge in [0.25, 0.3) is 0 Å². The van der Waals surface area contributed by atoms with Gasteiger partial charge in [-0.25, -0.2) is 0 Å². The van der Waals surface area contributed by atoms with Crippen LogP contribution in [-0.2, 0) is 4.74 Å². The molecule has 0 aromatic carbocycles. The van der Waals surface area contributed by atoms with Crippen LogP contribution in [0.1, 0.15) is 59.8 Å². The number of ether oxygens (including phenoxy) is 1. The fourth-order valence-electron chi connectivity index (χ4n) is 3.73. The third-order valence-corrected chi connectivity index (χ3v) is 4.72. The van der Waals surface area contributed by atoms with Crippen LogP contribution < -0.4 is 0 Å². The van der Waals surface area contributed by atoms with Gasteiger partial charge in [-0.15, -0.1) is 0 Å². The van der Waals surface area contributed by atoms with Crippen LogP contribution in [0.3, 0.4) is 0 Å². The quantitative estimate of drug-likeness (QED) is 0.802. The Labute approximate surface area is 106 Å². The molecule has 0 unspecified atom stereocenters. The van der Waals surface area contributed by atoms with E-state index in [-0.39, 0.29) is 16.9 Å². The van der Waals surface area contributed by atoms with Crippen LogP contribution in [0.2, 0.25) is 0 Å². The van der Waals surface area contributed by atoms with Crippen molar-refractivity contribution in [1.82, 2.24) is 0 Å². The van der Waals surface area contributed by atoms with Gasteiger partial charge in [0.15, 0.2) is 0 Å². The molecule has 0 spiro atoms. The predicted molar refractivity (Wildman–Crippen MR) is 69.9 cm³/mol. The molecule has 0 saturated heterocycles. The van der Waals surface area contributed by atoms with E-state index in [1.807, 2.05) is 0 Å². The normalized spacial score (nSPS) is 42.5. The van der Waals surface area contributed by atoms with E-state index in [2.05, 4.69) is 27.7 Å². The summed E-state index contributed by atoms with van der Waals surface area (Å²) in [6.07, 6.45) is 5.93. The van der Waals surface area contributed by atoms with Crippen LogP contribution in [0.25, 0.3) is 0 Å². The van der Waals surface area contributed by atoms with Crippen molar-refractivity contribution in [2.24, 2.45) is 16.7 Å². The van der Waals surface area contributed by atoms with E-state index in [0.717, 1.165) is 32.3 Å². The van der Waals surface area contributed by atoms with Gasteiger partial charge in [-0.05, 0) is 42.4 Å². The highest BCUT2D eigenvalue weighted by atomic mass is 16.5. The predicted octanol–water partition coefficient (Wildman–Crippen LogP) is 3.38. The Hall–Kier alpha value is -0.0800. The van der Waals surface area contributed by atoms with Crippen molar-refractivity contribution in [3.05, 3.63) is 0 Å². The zero-order valence-corrected chi connectivity index (χ0v) is 11.8. The minimum atomic E-state index is -0.0861. The Morgan fingerprint density at radius 2 is 1.94 bits per heavy atom. The molecule has 0 aromatic rings. The molecule has 2 saturated carbocycles. The van der Waals surface area contributed by atoms with Crippen molar-refractivity contribution in [2.75, 3.05) is 6.61 Å². The maximum atomic E-state index is 10.1. The molecule has 2 fully saturated rings. The van der Waals surface area contributed by atoms with Crippen molar-refractivity contribution < 1.29 is 9.84 Å². The molecule has 2 nitrogen and oxygen atoms in total. The average Bonchev–Trinajstić information content (AvgIpc) is 2.52. The van der Waals surface area contributed by atoms with Crippen molar-refractivity contribution in [2.45, 2.75) is 72.0 Å². The van der Waals surface area contributed by atoms with E-state index in [1.165, 1.54) is 6.42 Å². The van der Waals surface area contributed by atoms with Crippen molar-refractivity contribution in [3.8, 4) is 0 Å². The number of fused-ring (bicyclic) bond motifs is 1. The highest BCUT2D eigenvalue weighted by Crippen LogP contribution is 2.53. The largest absolute Gasteiger partial charge is 0.393 e. The summed E-state index contributed by atoms with van der Waals surface area (Å²) in [7, 11) is 0. The molecule has 2 aliphatic carbocycles. The van der Waals surface area contributed by atoms with Gasteiger partial charge in [0.05, 0.1) is 18.8 Å². The maximum Gasteiger partial charge on any atom is 0.0632 e. The molecule has 1 N–H and O–H groups in total. The van der Waals surface area contributed by atoms with Crippen LogP contribution in [0.4, 0.5) is 0 Å². The number of hydrogen-bond acceptors (Lipinski definition) is 2. The van der Waals surface area contributed by atoms with Crippen LogP contribution in [-0.4, -0.2) is 23.9 Å². The highest BCUT2D eigenvalue weighted by molar-refractivity contribution is 5.01. The van der Waals surface area contributed by atoms with E-state index < -0.39 is 0 Å². The molecule has 0 aliphatic heterocycles. The average molecular weight is 240 g/mol. The second-order valence-electron chi connectivity index (χ2n) is 7.51. The van der Waals surface area contributed by atoms with Crippen molar-refractivity contribution in [1.29, 1.82) is 0 Å². The summed E-state index contributed by atoms with van der Waals surface area (Å²) in [6, 6.07) is 0. The molecule has 2 rings (SSSR count). The number of aliphatic hydroxyl groups excluding tert-OH is 1. The Kier molecular flexibility index (Phi) is 3.57. The summed E-state index contributed by atoms with van der Waals surface area (Å²) in [5, 5.41) is 10.1. The first-order chi connectivity index (χ1) is 7.83. The molecule has 0 bridgehead atoms. The van der Waals surface area contributed by atoms with Crippen molar-refractivity contribution in [3.63, 3.8) is 0 Å². The lowest BCUT2D eigenvalue weighted by molar-refractivity contribution is -0.0917. The SMILES string of the molecule is CC(C)(C)CO[C@H]1CC[C@H]2[C@@H](O)CCC[C@]12C. The molecule has 0 amide bonds. The summed E-state index contributed by atoms with van der Waals surface area (Å²) in [4.78, 5) is 0. The van der Waals surface area contributed by atoms with E-state index >= 15 is 0 Å². The second kappa shape index (κ2) is 4.55. The lowest BCUT2D eigenvalue weighted by Crippen LogP contribution is -2.43. The first kappa shape index (κ1) is 13.4. The topological polar surface area (TPSA) is 29.5 Å². The lowest BCUT2D eigenvalue weighted by atomic mass is 9.67. The summed E-state index contributed by atoms with van der Waals surface area (Å²) in [6.45, 7) is 9.82. The minimum Gasteiger partial charge on any atom is -0.393 e. The molecule has 17 heavy (non-hydrogen) atoms. The summed E-state index contributed by atoms with van der Waals surface area (Å²) < 4.78 is 6.18. The fraction of sp³-hybridized carbons (Fsp3) is 1.00. The lowest BCUT2D eigenvalue weighted by Gasteiger charge is -2.43. The first-order valence-corrected chi connectivity index (χ1v) is 7.13. The molecule has 0 aromatic heterocycles. The molecule has 2 aliphatic rings. The van der Waals surface area contributed by atoms with Gasteiger partial charge < -0.3 is 9.84 Å². The Morgan fingerprint density at radius 3 is 2.59 bits per heavy atom. The van der Waals surface area contributed by atoms with Gasteiger partial charge in [-0.3, -0.25) is 0 Å². The van der Waals surface area contributed by atoms with E-state index in [0.29, 0.717) is 12.0 Å². The van der Waals surface area contributed by atoms with Crippen LogP contribution in [0.15, 0.2) is 0 Å². The zero-order chi connectivity index (χ0) is 12.7. The fourth-order valence-corrected chi connectivity index (χ4v) is 3.73. The summed E-state index contributed by atoms with van der Waals surface area (Å²) in [5.41, 5.74) is 0.463. The second-order valence-corrected chi connectivity index (χ2v) is 7.51. The molecular weight excluding hydrogens is 212 g/mol. The van der Waals surface area contributed by atoms with Gasteiger partial charge in [0.2, 0.25) is 0 Å². The minimum absolute atomic E-state index is 0.0861. The maximum absolute atomic E-state index is 10.1. The third kappa shape index (κ3) is 2.68. The third-order valence-electron chi connectivity index (χ3n) is 4.72. The van der Waals surface area contributed by atoms with Crippen LogP contribution >= 0.6 is 0 Å². The van der Waals surface area contributed by atoms with Crippen LogP contribution in [0, 0.1) is 16.7 Å². The molecule has 4 atom stereocenters. The molecule has 2 heteroatoms. The van der Waals surface area contributed by atoms with E-state index in [1.54, 1.807) is 0 Å². The van der Waals surface area contributed by atoms with Crippen molar-refractivity contribution >= 4 is 0 Å². The summed E-state index contributed by atoms with van der Waals surface area (Å²) >= 11 is 0.